The van der Waals surface area contributed by atoms with E-state index in [0.29, 0.717) is 23.8 Å². The largest absolute Gasteiger partial charge is 0.368 e. The Labute approximate surface area is 117 Å². The maximum absolute atomic E-state index is 12.3. The molecule has 0 heterocycles. The van der Waals surface area contributed by atoms with Gasteiger partial charge in [-0.1, -0.05) is 40.0 Å². The number of rotatable bonds is 4. The van der Waals surface area contributed by atoms with Crippen LogP contribution in [-0.2, 0) is 4.79 Å². The highest BCUT2D eigenvalue weighted by Gasteiger charge is 2.49. The predicted molar refractivity (Wildman–Crippen MR) is 78.7 cm³/mol. The first-order valence-corrected chi connectivity index (χ1v) is 8.03. The summed E-state index contributed by atoms with van der Waals surface area (Å²) in [5, 5.41) is 3.72. The lowest BCUT2D eigenvalue weighted by Crippen LogP contribution is -2.65. The molecule has 1 amide bonds. The molecular weight excluding hydrogens is 236 g/mol. The molecule has 2 aliphatic rings. The second-order valence-corrected chi connectivity index (χ2v) is 7.20. The summed E-state index contributed by atoms with van der Waals surface area (Å²) in [6.07, 6.45) is 8.25. The highest BCUT2D eigenvalue weighted by molar-refractivity contribution is 5.85. The van der Waals surface area contributed by atoms with Gasteiger partial charge in [-0.05, 0) is 43.4 Å². The average Bonchev–Trinajstić information content (AvgIpc) is 2.81. The number of hydrogen-bond donors (Lipinski definition) is 2. The Hall–Kier alpha value is -0.570. The van der Waals surface area contributed by atoms with Crippen LogP contribution in [0.25, 0.3) is 0 Å². The van der Waals surface area contributed by atoms with Gasteiger partial charge in [-0.15, -0.1) is 0 Å². The number of carbonyl (C=O) groups is 1. The number of nitrogens with two attached hydrogens (primary N) is 1. The quantitative estimate of drug-likeness (QED) is 0.822. The van der Waals surface area contributed by atoms with Crippen LogP contribution in [0.4, 0.5) is 0 Å². The Bertz CT molecular complexity index is 323. The Balaban J connectivity index is 2.23. The molecule has 3 unspecified atom stereocenters. The van der Waals surface area contributed by atoms with Crippen LogP contribution >= 0.6 is 0 Å². The molecule has 3 nitrogen and oxygen atoms in total. The lowest BCUT2D eigenvalue weighted by atomic mass is 9.64. The topological polar surface area (TPSA) is 55.1 Å². The maximum Gasteiger partial charge on any atom is 0.238 e. The molecule has 0 radical (unpaired) electrons. The van der Waals surface area contributed by atoms with E-state index < -0.39 is 5.54 Å². The Kier molecular flexibility index (Phi) is 4.54. The van der Waals surface area contributed by atoms with Crippen LogP contribution < -0.4 is 11.1 Å². The highest BCUT2D eigenvalue weighted by atomic mass is 16.1. The fraction of sp³-hybridized carbons (Fsp3) is 0.938. The first-order valence-electron chi connectivity index (χ1n) is 8.03. The molecule has 0 bridgehead atoms. The molecule has 0 spiro atoms. The Morgan fingerprint density at radius 2 is 1.84 bits per heavy atom. The van der Waals surface area contributed by atoms with Crippen LogP contribution in [0.2, 0.25) is 0 Å². The zero-order valence-electron chi connectivity index (χ0n) is 12.7. The van der Waals surface area contributed by atoms with E-state index in [4.69, 9.17) is 5.73 Å². The molecule has 3 heteroatoms. The second-order valence-electron chi connectivity index (χ2n) is 7.20. The van der Waals surface area contributed by atoms with Gasteiger partial charge in [0.1, 0.15) is 5.54 Å². The third-order valence-electron chi connectivity index (χ3n) is 5.34. The highest BCUT2D eigenvalue weighted by Crippen LogP contribution is 2.42. The van der Waals surface area contributed by atoms with Crippen molar-refractivity contribution in [2.24, 2.45) is 23.5 Å². The van der Waals surface area contributed by atoms with Crippen LogP contribution in [0.15, 0.2) is 0 Å². The SMILES string of the molecule is CC1CCC(C(C)C)C(NC2CCCC2)(C(N)=O)C1. The molecule has 0 aromatic carbocycles. The van der Waals surface area contributed by atoms with Gasteiger partial charge in [0.15, 0.2) is 0 Å². The smallest absolute Gasteiger partial charge is 0.238 e. The summed E-state index contributed by atoms with van der Waals surface area (Å²) in [5.74, 6) is 1.37. The fourth-order valence-corrected chi connectivity index (χ4v) is 4.37. The summed E-state index contributed by atoms with van der Waals surface area (Å²) >= 11 is 0. The zero-order valence-corrected chi connectivity index (χ0v) is 12.7. The van der Waals surface area contributed by atoms with Crippen molar-refractivity contribution in [1.82, 2.24) is 5.32 Å². The van der Waals surface area contributed by atoms with Gasteiger partial charge >= 0.3 is 0 Å². The van der Waals surface area contributed by atoms with Gasteiger partial charge in [0, 0.05) is 6.04 Å². The molecule has 0 aliphatic heterocycles. The van der Waals surface area contributed by atoms with E-state index in [1.807, 2.05) is 0 Å². The van der Waals surface area contributed by atoms with Gasteiger partial charge in [-0.2, -0.15) is 0 Å². The van der Waals surface area contributed by atoms with Crippen molar-refractivity contribution < 1.29 is 4.79 Å². The number of carbonyl (C=O) groups excluding carboxylic acids is 1. The fourth-order valence-electron chi connectivity index (χ4n) is 4.37. The molecule has 19 heavy (non-hydrogen) atoms. The minimum atomic E-state index is -0.458. The van der Waals surface area contributed by atoms with Crippen LogP contribution in [0.3, 0.4) is 0 Å². The summed E-state index contributed by atoms with van der Waals surface area (Å²) in [5.41, 5.74) is 5.41. The summed E-state index contributed by atoms with van der Waals surface area (Å²) in [6.45, 7) is 6.72. The molecule has 110 valence electrons. The summed E-state index contributed by atoms with van der Waals surface area (Å²) in [6, 6.07) is 0.499. The van der Waals surface area contributed by atoms with E-state index in [9.17, 15) is 4.79 Å². The van der Waals surface area contributed by atoms with Crippen molar-refractivity contribution in [1.29, 1.82) is 0 Å². The molecule has 0 saturated heterocycles. The monoisotopic (exact) mass is 266 g/mol. The van der Waals surface area contributed by atoms with Crippen molar-refractivity contribution in [2.75, 3.05) is 0 Å². The lowest BCUT2D eigenvalue weighted by molar-refractivity contribution is -0.131. The zero-order chi connectivity index (χ0) is 14.0. The summed E-state index contributed by atoms with van der Waals surface area (Å²) in [4.78, 5) is 12.3. The standard InChI is InChI=1S/C16H30N2O/c1-11(2)14-9-8-12(3)10-16(14,15(17)19)18-13-6-4-5-7-13/h11-14,18H,4-10H2,1-3H3,(H2,17,19). The predicted octanol–water partition coefficient (Wildman–Crippen LogP) is 2.83. The average molecular weight is 266 g/mol. The molecule has 0 aromatic rings. The maximum atomic E-state index is 12.3. The van der Waals surface area contributed by atoms with Crippen LogP contribution in [0, 0.1) is 17.8 Å². The summed E-state index contributed by atoms with van der Waals surface area (Å²) < 4.78 is 0. The van der Waals surface area contributed by atoms with E-state index in [2.05, 4.69) is 26.1 Å². The van der Waals surface area contributed by atoms with Crippen LogP contribution in [-0.4, -0.2) is 17.5 Å². The first-order chi connectivity index (χ1) is 8.95. The molecule has 2 fully saturated rings. The van der Waals surface area contributed by atoms with E-state index >= 15 is 0 Å². The molecule has 3 atom stereocenters. The first kappa shape index (κ1) is 14.8. The molecular formula is C16H30N2O. The van der Waals surface area contributed by atoms with E-state index in [-0.39, 0.29) is 5.91 Å². The molecule has 2 aliphatic carbocycles. The van der Waals surface area contributed by atoms with E-state index in [1.54, 1.807) is 0 Å². The molecule has 2 rings (SSSR count). The number of amides is 1. The Morgan fingerprint density at radius 1 is 1.21 bits per heavy atom. The molecule has 0 aromatic heterocycles. The van der Waals surface area contributed by atoms with E-state index in [1.165, 1.54) is 32.1 Å². The van der Waals surface area contributed by atoms with Crippen molar-refractivity contribution in [2.45, 2.75) is 77.3 Å². The summed E-state index contributed by atoms with van der Waals surface area (Å²) in [7, 11) is 0. The van der Waals surface area contributed by atoms with Gasteiger partial charge in [0.2, 0.25) is 5.91 Å². The minimum Gasteiger partial charge on any atom is -0.368 e. The normalized spacial score (nSPS) is 36.8. The van der Waals surface area contributed by atoms with Gasteiger partial charge in [0.05, 0.1) is 0 Å². The Morgan fingerprint density at radius 3 is 2.37 bits per heavy atom. The lowest BCUT2D eigenvalue weighted by Gasteiger charge is -2.48. The van der Waals surface area contributed by atoms with Crippen molar-refractivity contribution in [3.63, 3.8) is 0 Å². The van der Waals surface area contributed by atoms with Gasteiger partial charge in [0.25, 0.3) is 0 Å². The van der Waals surface area contributed by atoms with Crippen molar-refractivity contribution in [3.05, 3.63) is 0 Å². The number of nitrogens with one attached hydrogen (secondary N) is 1. The van der Waals surface area contributed by atoms with Crippen molar-refractivity contribution in [3.8, 4) is 0 Å². The van der Waals surface area contributed by atoms with Gasteiger partial charge in [-0.25, -0.2) is 0 Å². The van der Waals surface area contributed by atoms with Gasteiger partial charge < -0.3 is 11.1 Å². The third-order valence-corrected chi connectivity index (χ3v) is 5.34. The van der Waals surface area contributed by atoms with Crippen molar-refractivity contribution >= 4 is 5.91 Å². The number of primary amides is 1. The minimum absolute atomic E-state index is 0.121. The van der Waals surface area contributed by atoms with Crippen LogP contribution in [0.1, 0.15) is 65.7 Å². The number of hydrogen-bond acceptors (Lipinski definition) is 2. The van der Waals surface area contributed by atoms with E-state index in [0.717, 1.165) is 12.8 Å². The third kappa shape index (κ3) is 2.96. The molecule has 2 saturated carbocycles. The van der Waals surface area contributed by atoms with Crippen LogP contribution in [0.5, 0.6) is 0 Å². The van der Waals surface area contributed by atoms with Gasteiger partial charge in [-0.3, -0.25) is 4.79 Å². The molecule has 3 N–H and O–H groups in total. The second kappa shape index (κ2) is 5.82.